The van der Waals surface area contributed by atoms with E-state index in [-0.39, 0.29) is 12.6 Å². The first-order valence-electron chi connectivity index (χ1n) is 7.89. The predicted molar refractivity (Wildman–Crippen MR) is 87.8 cm³/mol. The molecule has 0 aliphatic heterocycles. The average Bonchev–Trinajstić information content (AvgIpc) is 2.49. The molecule has 0 fully saturated rings. The standard InChI is InChI=1S/C17H28N2O2/c1-4-6-11-19(12-8-13-20)17(21)18-16-14(3)9-7-10-15(16)5-2/h7,9-10,20H,4-6,8,11-13H2,1-3H3,(H,18,21). The van der Waals surface area contributed by atoms with Crippen LogP contribution in [0.3, 0.4) is 0 Å². The maximum absolute atomic E-state index is 12.5. The van der Waals surface area contributed by atoms with Crippen LogP contribution in [0.15, 0.2) is 18.2 Å². The van der Waals surface area contributed by atoms with Gasteiger partial charge in [0.15, 0.2) is 0 Å². The number of amides is 2. The molecule has 2 amide bonds. The molecule has 2 N–H and O–H groups in total. The highest BCUT2D eigenvalue weighted by Crippen LogP contribution is 2.21. The predicted octanol–water partition coefficient (Wildman–Crippen LogP) is 3.57. The summed E-state index contributed by atoms with van der Waals surface area (Å²) in [5.41, 5.74) is 3.16. The van der Waals surface area contributed by atoms with Gasteiger partial charge < -0.3 is 15.3 Å². The Morgan fingerprint density at radius 2 is 1.95 bits per heavy atom. The fourth-order valence-corrected chi connectivity index (χ4v) is 2.31. The third-order valence-corrected chi connectivity index (χ3v) is 3.63. The van der Waals surface area contributed by atoms with Crippen LogP contribution in [0, 0.1) is 6.92 Å². The van der Waals surface area contributed by atoms with Crippen LogP contribution in [0.1, 0.15) is 44.2 Å². The summed E-state index contributed by atoms with van der Waals surface area (Å²) in [5.74, 6) is 0. The summed E-state index contributed by atoms with van der Waals surface area (Å²) >= 11 is 0. The molecule has 21 heavy (non-hydrogen) atoms. The molecule has 1 rings (SSSR count). The monoisotopic (exact) mass is 292 g/mol. The van der Waals surface area contributed by atoms with Gasteiger partial charge in [0.1, 0.15) is 0 Å². The molecule has 0 aliphatic rings. The number of benzene rings is 1. The number of carbonyl (C=O) groups is 1. The van der Waals surface area contributed by atoms with E-state index in [0.717, 1.165) is 42.6 Å². The summed E-state index contributed by atoms with van der Waals surface area (Å²) in [6.07, 6.45) is 3.54. The zero-order valence-corrected chi connectivity index (χ0v) is 13.5. The summed E-state index contributed by atoms with van der Waals surface area (Å²) in [4.78, 5) is 14.3. The first-order chi connectivity index (χ1) is 10.1. The van der Waals surface area contributed by atoms with Gasteiger partial charge in [0.25, 0.3) is 0 Å². The third kappa shape index (κ3) is 5.38. The smallest absolute Gasteiger partial charge is 0.321 e. The molecule has 0 aliphatic carbocycles. The highest BCUT2D eigenvalue weighted by Gasteiger charge is 2.15. The molecule has 4 heteroatoms. The van der Waals surface area contributed by atoms with E-state index in [0.29, 0.717) is 13.0 Å². The molecule has 0 radical (unpaired) electrons. The Hall–Kier alpha value is -1.55. The summed E-state index contributed by atoms with van der Waals surface area (Å²) in [6.45, 7) is 7.65. The second-order valence-corrected chi connectivity index (χ2v) is 5.31. The van der Waals surface area contributed by atoms with Crippen molar-refractivity contribution in [3.8, 4) is 0 Å². The van der Waals surface area contributed by atoms with E-state index in [1.807, 2.05) is 25.1 Å². The minimum Gasteiger partial charge on any atom is -0.396 e. The molecule has 0 unspecified atom stereocenters. The van der Waals surface area contributed by atoms with Gasteiger partial charge in [0.2, 0.25) is 0 Å². The molecule has 1 aromatic rings. The molecule has 0 saturated carbocycles. The number of nitrogens with one attached hydrogen (secondary N) is 1. The normalized spacial score (nSPS) is 10.5. The molecule has 1 aromatic carbocycles. The zero-order chi connectivity index (χ0) is 15.7. The summed E-state index contributed by atoms with van der Waals surface area (Å²) in [5, 5.41) is 12.0. The fraction of sp³-hybridized carbons (Fsp3) is 0.588. The van der Waals surface area contributed by atoms with Crippen molar-refractivity contribution in [2.45, 2.75) is 46.5 Å². The Morgan fingerprint density at radius 1 is 1.24 bits per heavy atom. The van der Waals surface area contributed by atoms with E-state index in [1.54, 1.807) is 4.90 Å². The number of carbonyl (C=O) groups excluding carboxylic acids is 1. The Morgan fingerprint density at radius 3 is 2.57 bits per heavy atom. The van der Waals surface area contributed by atoms with Gasteiger partial charge in [-0.1, -0.05) is 38.5 Å². The van der Waals surface area contributed by atoms with E-state index in [2.05, 4.69) is 19.2 Å². The number of nitrogens with zero attached hydrogens (tertiary/aromatic N) is 1. The summed E-state index contributed by atoms with van der Waals surface area (Å²) in [7, 11) is 0. The Kier molecular flexibility index (Phi) is 7.83. The highest BCUT2D eigenvalue weighted by molar-refractivity contribution is 5.91. The van der Waals surface area contributed by atoms with E-state index < -0.39 is 0 Å². The maximum Gasteiger partial charge on any atom is 0.321 e. The number of hydrogen-bond acceptors (Lipinski definition) is 2. The van der Waals surface area contributed by atoms with E-state index >= 15 is 0 Å². The van der Waals surface area contributed by atoms with Crippen LogP contribution in [0.2, 0.25) is 0 Å². The molecule has 0 atom stereocenters. The van der Waals surface area contributed by atoms with Crippen molar-refractivity contribution in [3.63, 3.8) is 0 Å². The lowest BCUT2D eigenvalue weighted by molar-refractivity contribution is 0.201. The average molecular weight is 292 g/mol. The number of aliphatic hydroxyl groups excluding tert-OH is 1. The second kappa shape index (κ2) is 9.40. The molecule has 0 bridgehead atoms. The molecular formula is C17H28N2O2. The lowest BCUT2D eigenvalue weighted by atomic mass is 10.1. The van der Waals surface area contributed by atoms with Crippen LogP contribution in [-0.2, 0) is 6.42 Å². The number of aliphatic hydroxyl groups is 1. The largest absolute Gasteiger partial charge is 0.396 e. The fourth-order valence-electron chi connectivity index (χ4n) is 2.31. The van der Waals surface area contributed by atoms with Gasteiger partial charge in [-0.2, -0.15) is 0 Å². The van der Waals surface area contributed by atoms with Crippen LogP contribution < -0.4 is 5.32 Å². The number of anilines is 1. The molecule has 0 saturated heterocycles. The molecular weight excluding hydrogens is 264 g/mol. The van der Waals surface area contributed by atoms with Crippen molar-refractivity contribution >= 4 is 11.7 Å². The van der Waals surface area contributed by atoms with Gasteiger partial charge >= 0.3 is 6.03 Å². The number of urea groups is 1. The highest BCUT2D eigenvalue weighted by atomic mass is 16.3. The Labute approximate surface area is 128 Å². The molecule has 118 valence electrons. The van der Waals surface area contributed by atoms with Crippen LogP contribution in [0.25, 0.3) is 0 Å². The lowest BCUT2D eigenvalue weighted by Gasteiger charge is -2.24. The Balaban J connectivity index is 2.80. The topological polar surface area (TPSA) is 52.6 Å². The summed E-state index contributed by atoms with van der Waals surface area (Å²) in [6, 6.07) is 6.01. The first-order valence-corrected chi connectivity index (χ1v) is 7.89. The van der Waals surface area contributed by atoms with Crippen molar-refractivity contribution < 1.29 is 9.90 Å². The van der Waals surface area contributed by atoms with Gasteiger partial charge in [0.05, 0.1) is 0 Å². The molecule has 0 aromatic heterocycles. The number of unbranched alkanes of at least 4 members (excludes halogenated alkanes) is 1. The molecule has 4 nitrogen and oxygen atoms in total. The van der Waals surface area contributed by atoms with Gasteiger partial charge in [0, 0.05) is 25.4 Å². The number of hydrogen-bond donors (Lipinski definition) is 2. The van der Waals surface area contributed by atoms with Gasteiger partial charge in [-0.3, -0.25) is 0 Å². The van der Waals surface area contributed by atoms with E-state index in [1.165, 1.54) is 0 Å². The molecule has 0 spiro atoms. The van der Waals surface area contributed by atoms with Gasteiger partial charge in [-0.15, -0.1) is 0 Å². The van der Waals surface area contributed by atoms with Crippen molar-refractivity contribution in [2.24, 2.45) is 0 Å². The van der Waals surface area contributed by atoms with Crippen molar-refractivity contribution in [2.75, 3.05) is 25.0 Å². The third-order valence-electron chi connectivity index (χ3n) is 3.63. The minimum absolute atomic E-state index is 0.0686. The van der Waals surface area contributed by atoms with E-state index in [4.69, 9.17) is 5.11 Å². The summed E-state index contributed by atoms with van der Waals surface area (Å²) < 4.78 is 0. The van der Waals surface area contributed by atoms with Crippen molar-refractivity contribution in [1.29, 1.82) is 0 Å². The lowest BCUT2D eigenvalue weighted by Crippen LogP contribution is -2.37. The van der Waals surface area contributed by atoms with Gasteiger partial charge in [-0.25, -0.2) is 4.79 Å². The molecule has 0 heterocycles. The first kappa shape index (κ1) is 17.5. The van der Waals surface area contributed by atoms with Gasteiger partial charge in [-0.05, 0) is 37.3 Å². The second-order valence-electron chi connectivity index (χ2n) is 5.31. The van der Waals surface area contributed by atoms with Crippen LogP contribution in [0.4, 0.5) is 10.5 Å². The van der Waals surface area contributed by atoms with Crippen LogP contribution in [-0.4, -0.2) is 35.7 Å². The SMILES string of the molecule is CCCCN(CCCO)C(=O)Nc1c(C)cccc1CC. The van der Waals surface area contributed by atoms with E-state index in [9.17, 15) is 4.79 Å². The number of rotatable bonds is 8. The maximum atomic E-state index is 12.5. The van der Waals surface area contributed by atoms with Crippen molar-refractivity contribution in [3.05, 3.63) is 29.3 Å². The zero-order valence-electron chi connectivity index (χ0n) is 13.5. The minimum atomic E-state index is -0.0686. The Bertz CT molecular complexity index is 438. The number of para-hydroxylation sites is 1. The number of aryl methyl sites for hydroxylation is 2. The van der Waals surface area contributed by atoms with Crippen LogP contribution >= 0.6 is 0 Å². The van der Waals surface area contributed by atoms with Crippen LogP contribution in [0.5, 0.6) is 0 Å². The van der Waals surface area contributed by atoms with Crippen molar-refractivity contribution in [1.82, 2.24) is 4.90 Å². The quantitative estimate of drug-likeness (QED) is 0.769.